The Balaban J connectivity index is -0.0000000450. The summed E-state index contributed by atoms with van der Waals surface area (Å²) in [7, 11) is -2.17. The van der Waals surface area contributed by atoms with E-state index in [0.29, 0.717) is 0 Å². The van der Waals surface area contributed by atoms with Gasteiger partial charge in [-0.25, -0.2) is 0 Å². The molecule has 0 spiro atoms. The molecule has 0 atom stereocenters. The summed E-state index contributed by atoms with van der Waals surface area (Å²) in [6.07, 6.45) is 0. The predicted molar refractivity (Wildman–Crippen MR) is 21.0 cm³/mol. The predicted octanol–water partition coefficient (Wildman–Crippen LogP) is -2.97. The van der Waals surface area contributed by atoms with E-state index < -0.39 is 7.32 Å². The quantitative estimate of drug-likeness (QED) is 0.417. The second-order valence-electron chi connectivity index (χ2n) is 0.346. The summed E-state index contributed by atoms with van der Waals surface area (Å²) in [4.78, 5) is 0. The van der Waals surface area contributed by atoms with Gasteiger partial charge in [-0.2, -0.15) is 0 Å². The standard InChI is InChI=1S/BH3O3.Sr.Yb.2H/c2-1(3)4;;;;/h2-4H;;;;. The van der Waals surface area contributed by atoms with E-state index in [1.165, 1.54) is 0 Å². The summed E-state index contributed by atoms with van der Waals surface area (Å²) >= 11 is 0. The van der Waals surface area contributed by atoms with E-state index in [1.807, 2.05) is 0 Å². The van der Waals surface area contributed by atoms with Crippen molar-refractivity contribution in [3.05, 3.63) is 0 Å². The van der Waals surface area contributed by atoms with Crippen LogP contribution in [0.4, 0.5) is 0 Å². The Bertz CT molecular complexity index is 15.5. The van der Waals surface area contributed by atoms with Crippen LogP contribution in [0.2, 0.25) is 0 Å². The van der Waals surface area contributed by atoms with Gasteiger partial charge in [-0.15, -0.1) is 0 Å². The molecule has 0 rings (SSSR count). The van der Waals surface area contributed by atoms with E-state index in [-0.39, 0.29) is 92.4 Å². The van der Waals surface area contributed by atoms with Crippen LogP contribution in [0.15, 0.2) is 0 Å². The van der Waals surface area contributed by atoms with Crippen molar-refractivity contribution in [3.8, 4) is 0 Å². The van der Waals surface area contributed by atoms with Crippen LogP contribution in [0.3, 0.4) is 0 Å². The summed E-state index contributed by atoms with van der Waals surface area (Å²) in [6, 6.07) is 0. The maximum Gasteiger partial charge on any atom is 0 e. The monoisotopic (exact) mass is 326 g/mol. The van der Waals surface area contributed by atoms with Crippen LogP contribution in [-0.2, 0) is 0 Å². The second-order valence-corrected chi connectivity index (χ2v) is 0.346. The molecule has 0 fully saturated rings. The first-order valence-corrected chi connectivity index (χ1v) is 0.775. The van der Waals surface area contributed by atoms with Crippen LogP contribution in [0, 0.1) is 46.9 Å². The SMILES string of the molecule is OB(O)O.[SrH2].[Yb]. The van der Waals surface area contributed by atoms with Gasteiger partial charge in [0.15, 0.2) is 0 Å². The molecule has 6 heteroatoms. The second kappa shape index (κ2) is 10.8. The minimum Gasteiger partial charge on any atom is 0 e. The van der Waals surface area contributed by atoms with Gasteiger partial charge in [0.2, 0.25) is 0 Å². The minimum atomic E-state index is -2.17. The van der Waals surface area contributed by atoms with E-state index in [1.54, 1.807) is 0 Å². The fourth-order valence-corrected chi connectivity index (χ4v) is 0. The molecule has 0 aromatic carbocycles. The third-order valence-electron chi connectivity index (χ3n) is 0. The van der Waals surface area contributed by atoms with E-state index in [2.05, 4.69) is 0 Å². The summed E-state index contributed by atoms with van der Waals surface area (Å²) in [6.45, 7) is 0. The molecule has 42 valence electrons. The van der Waals surface area contributed by atoms with Crippen LogP contribution in [0.5, 0.6) is 0 Å². The van der Waals surface area contributed by atoms with Crippen molar-refractivity contribution >= 4 is 52.8 Å². The first kappa shape index (κ1) is 16.0. The van der Waals surface area contributed by atoms with Crippen LogP contribution in [0.1, 0.15) is 0 Å². The Morgan fingerprint density at radius 1 is 1.00 bits per heavy atom. The molecule has 0 saturated carbocycles. The molecular formula is H5BO3SrYb. The Morgan fingerprint density at radius 3 is 1.00 bits per heavy atom. The zero-order valence-electron chi connectivity index (χ0n) is 2.19. The number of rotatable bonds is 0. The average Bonchev–Trinajstić information content (AvgIpc) is 0.811. The summed E-state index contributed by atoms with van der Waals surface area (Å²) in [5.41, 5.74) is 0. The van der Waals surface area contributed by atoms with Crippen molar-refractivity contribution in [2.45, 2.75) is 0 Å². The number of hydrogen-bond donors (Lipinski definition) is 3. The van der Waals surface area contributed by atoms with Gasteiger partial charge in [0.25, 0.3) is 0 Å². The van der Waals surface area contributed by atoms with Crippen molar-refractivity contribution in [1.82, 2.24) is 0 Å². The van der Waals surface area contributed by atoms with E-state index >= 15 is 0 Å². The van der Waals surface area contributed by atoms with E-state index in [0.717, 1.165) is 0 Å². The Labute approximate surface area is 112 Å². The average molecular weight is 325 g/mol. The summed E-state index contributed by atoms with van der Waals surface area (Å²) < 4.78 is 0. The van der Waals surface area contributed by atoms with Crippen LogP contribution in [-0.4, -0.2) is 67.9 Å². The smallest absolute Gasteiger partial charge is 0 e. The third kappa shape index (κ3) is 28.3. The van der Waals surface area contributed by atoms with E-state index in [9.17, 15) is 0 Å². The third-order valence-corrected chi connectivity index (χ3v) is 0. The Hall–Kier alpha value is 2.94. The maximum absolute atomic E-state index is 7.17. The Morgan fingerprint density at radius 2 is 1.00 bits per heavy atom. The minimum absolute atomic E-state index is 0. The Kier molecular flexibility index (Phi) is 28.9. The fourth-order valence-electron chi connectivity index (χ4n) is 0. The van der Waals surface area contributed by atoms with Gasteiger partial charge in [0.05, 0.1) is 0 Å². The fraction of sp³-hybridized carbons (Fsp3) is 0. The first-order chi connectivity index (χ1) is 1.73. The first-order valence-electron chi connectivity index (χ1n) is 0.775. The molecule has 0 radical (unpaired) electrons. The van der Waals surface area contributed by atoms with Gasteiger partial charge in [0.1, 0.15) is 0 Å². The van der Waals surface area contributed by atoms with Crippen molar-refractivity contribution in [2.75, 3.05) is 0 Å². The zero-order chi connectivity index (χ0) is 3.58. The molecule has 3 nitrogen and oxygen atoms in total. The molecule has 0 amide bonds. The van der Waals surface area contributed by atoms with Crippen molar-refractivity contribution < 1.29 is 62.0 Å². The van der Waals surface area contributed by atoms with Crippen LogP contribution >= 0.6 is 0 Å². The van der Waals surface area contributed by atoms with Crippen LogP contribution < -0.4 is 0 Å². The normalized spacial score (nSPS) is 4.50. The van der Waals surface area contributed by atoms with Crippen LogP contribution in [0.25, 0.3) is 0 Å². The van der Waals surface area contributed by atoms with Gasteiger partial charge < -0.3 is 15.1 Å². The molecule has 0 aromatic rings. The number of hydrogen-bond acceptors (Lipinski definition) is 3. The molecule has 0 aliphatic carbocycles. The van der Waals surface area contributed by atoms with Gasteiger partial charge in [0, 0.05) is 46.9 Å². The van der Waals surface area contributed by atoms with E-state index in [4.69, 9.17) is 15.1 Å². The zero-order valence-corrected chi connectivity index (χ0v) is 3.90. The molecule has 0 aromatic heterocycles. The van der Waals surface area contributed by atoms with Crippen molar-refractivity contribution in [3.63, 3.8) is 0 Å². The van der Waals surface area contributed by atoms with Crippen molar-refractivity contribution in [2.24, 2.45) is 0 Å². The molecular weight excluding hydrogens is 319 g/mol. The molecule has 0 heterocycles. The van der Waals surface area contributed by atoms with Gasteiger partial charge in [-0.3, -0.25) is 0 Å². The largest absolute Gasteiger partial charge is 0 e. The van der Waals surface area contributed by atoms with Gasteiger partial charge >= 0.3 is 52.8 Å². The summed E-state index contributed by atoms with van der Waals surface area (Å²) in [5.74, 6) is 0. The molecule has 0 bridgehead atoms. The van der Waals surface area contributed by atoms with Crippen molar-refractivity contribution in [1.29, 1.82) is 0 Å². The molecule has 0 unspecified atom stereocenters. The molecule has 0 saturated heterocycles. The molecule has 6 heavy (non-hydrogen) atoms. The van der Waals surface area contributed by atoms with Gasteiger partial charge in [-0.05, 0) is 0 Å². The maximum atomic E-state index is 7.17. The molecule has 0 aliphatic rings. The molecule has 3 N–H and O–H groups in total. The molecule has 0 aliphatic heterocycles. The topological polar surface area (TPSA) is 60.7 Å². The summed E-state index contributed by atoms with van der Waals surface area (Å²) in [5, 5.41) is 21.5. The van der Waals surface area contributed by atoms with Gasteiger partial charge in [-0.1, -0.05) is 0 Å².